The van der Waals surface area contributed by atoms with E-state index in [4.69, 9.17) is 16.1 Å². The number of carboxylic acid groups (broad SMARTS) is 1. The minimum atomic E-state index is -0.971. The molecule has 0 fully saturated rings. The molecular weight excluding hydrogens is 222 g/mol. The van der Waals surface area contributed by atoms with E-state index >= 15 is 0 Å². The van der Waals surface area contributed by atoms with Crippen molar-refractivity contribution in [1.29, 1.82) is 5.26 Å². The molecule has 1 atom stereocenters. The van der Waals surface area contributed by atoms with Crippen LogP contribution in [0.5, 0.6) is 0 Å². The fourth-order valence-corrected chi connectivity index (χ4v) is 1.41. The van der Waals surface area contributed by atoms with E-state index in [0.29, 0.717) is 6.54 Å². The summed E-state index contributed by atoms with van der Waals surface area (Å²) in [4.78, 5) is 23.8. The summed E-state index contributed by atoms with van der Waals surface area (Å²) in [6.45, 7) is 3.99. The lowest BCUT2D eigenvalue weighted by atomic mass is 10.1. The van der Waals surface area contributed by atoms with Gasteiger partial charge in [-0.3, -0.25) is 9.59 Å². The summed E-state index contributed by atoms with van der Waals surface area (Å²) in [6, 6.07) is 1.11. The summed E-state index contributed by atoms with van der Waals surface area (Å²) in [5, 5.41) is 17.0. The highest BCUT2D eigenvalue weighted by Gasteiger charge is 2.23. The Kier molecular flexibility index (Phi) is 6.91. The first-order chi connectivity index (χ1) is 7.90. The van der Waals surface area contributed by atoms with Crippen molar-refractivity contribution in [2.75, 3.05) is 6.54 Å². The van der Waals surface area contributed by atoms with Crippen LogP contribution in [0, 0.1) is 11.3 Å². The molecule has 0 aliphatic heterocycles. The van der Waals surface area contributed by atoms with Crippen LogP contribution in [-0.4, -0.2) is 40.5 Å². The van der Waals surface area contributed by atoms with E-state index < -0.39 is 12.0 Å². The van der Waals surface area contributed by atoms with Crippen LogP contribution < -0.4 is 5.73 Å². The molecule has 0 rings (SSSR count). The Labute approximate surface area is 101 Å². The normalized spacial score (nSPS) is 11.9. The zero-order valence-corrected chi connectivity index (χ0v) is 10.2. The standard InChI is InChI=1S/C11H19N3O3/c1-8(2)14(7-3-6-12)11(17)9(13)4-5-10(15)16/h8-9H,3-5,7,13H2,1-2H3,(H,15,16). The molecule has 0 aromatic carbocycles. The Morgan fingerprint density at radius 3 is 2.47 bits per heavy atom. The van der Waals surface area contributed by atoms with Gasteiger partial charge in [0, 0.05) is 19.0 Å². The molecule has 0 aliphatic rings. The van der Waals surface area contributed by atoms with Gasteiger partial charge in [0.05, 0.1) is 18.5 Å². The molecule has 6 heteroatoms. The third-order valence-electron chi connectivity index (χ3n) is 2.36. The molecule has 3 N–H and O–H groups in total. The van der Waals surface area contributed by atoms with Crippen molar-refractivity contribution in [3.8, 4) is 6.07 Å². The summed E-state index contributed by atoms with van der Waals surface area (Å²) in [7, 11) is 0. The SMILES string of the molecule is CC(C)N(CCC#N)C(=O)C(N)CCC(=O)O. The van der Waals surface area contributed by atoms with Crippen molar-refractivity contribution in [3.05, 3.63) is 0 Å². The van der Waals surface area contributed by atoms with Gasteiger partial charge in [-0.25, -0.2) is 0 Å². The van der Waals surface area contributed by atoms with E-state index in [2.05, 4.69) is 0 Å². The van der Waals surface area contributed by atoms with Crippen molar-refractivity contribution >= 4 is 11.9 Å². The summed E-state index contributed by atoms with van der Waals surface area (Å²) < 4.78 is 0. The minimum Gasteiger partial charge on any atom is -0.481 e. The molecule has 1 unspecified atom stereocenters. The number of hydrogen-bond acceptors (Lipinski definition) is 4. The van der Waals surface area contributed by atoms with Gasteiger partial charge in [0.25, 0.3) is 0 Å². The van der Waals surface area contributed by atoms with E-state index in [0.717, 1.165) is 0 Å². The predicted octanol–water partition coefficient (Wildman–Crippen LogP) is 0.329. The Bertz CT molecular complexity index is 310. The Hall–Kier alpha value is -1.61. The van der Waals surface area contributed by atoms with Gasteiger partial charge in [0.1, 0.15) is 0 Å². The maximum Gasteiger partial charge on any atom is 0.303 e. The number of hydrogen-bond donors (Lipinski definition) is 2. The number of amides is 1. The van der Waals surface area contributed by atoms with Crippen LogP contribution in [0.4, 0.5) is 0 Å². The Morgan fingerprint density at radius 2 is 2.06 bits per heavy atom. The number of carbonyl (C=O) groups excluding carboxylic acids is 1. The van der Waals surface area contributed by atoms with Crippen LogP contribution in [0.15, 0.2) is 0 Å². The van der Waals surface area contributed by atoms with Gasteiger partial charge in [-0.05, 0) is 20.3 Å². The minimum absolute atomic E-state index is 0.0493. The van der Waals surface area contributed by atoms with Crippen molar-refractivity contribution in [2.24, 2.45) is 5.73 Å². The third kappa shape index (κ3) is 5.88. The van der Waals surface area contributed by atoms with Gasteiger partial charge in [-0.1, -0.05) is 0 Å². The van der Waals surface area contributed by atoms with Crippen LogP contribution in [0.3, 0.4) is 0 Å². The third-order valence-corrected chi connectivity index (χ3v) is 2.36. The summed E-state index contributed by atoms with van der Waals surface area (Å²) >= 11 is 0. The van der Waals surface area contributed by atoms with Gasteiger partial charge in [0.2, 0.25) is 5.91 Å². The number of nitriles is 1. The van der Waals surface area contributed by atoms with Crippen molar-refractivity contribution in [3.63, 3.8) is 0 Å². The average molecular weight is 241 g/mol. The van der Waals surface area contributed by atoms with E-state index in [-0.39, 0.29) is 31.2 Å². The lowest BCUT2D eigenvalue weighted by Crippen LogP contribution is -2.47. The number of carbonyl (C=O) groups is 2. The largest absolute Gasteiger partial charge is 0.481 e. The molecule has 0 aliphatic carbocycles. The van der Waals surface area contributed by atoms with E-state index in [1.54, 1.807) is 0 Å². The lowest BCUT2D eigenvalue weighted by molar-refractivity contribution is -0.138. The number of nitrogens with two attached hydrogens (primary N) is 1. The molecule has 0 saturated heterocycles. The van der Waals surface area contributed by atoms with Crippen LogP contribution in [-0.2, 0) is 9.59 Å². The van der Waals surface area contributed by atoms with Gasteiger partial charge >= 0.3 is 5.97 Å². The first kappa shape index (κ1) is 15.4. The van der Waals surface area contributed by atoms with Crippen molar-refractivity contribution in [1.82, 2.24) is 4.90 Å². The molecule has 0 spiro atoms. The number of carboxylic acids is 1. The predicted molar refractivity (Wildman–Crippen MR) is 61.9 cm³/mol. The zero-order valence-electron chi connectivity index (χ0n) is 10.2. The number of aliphatic carboxylic acids is 1. The highest BCUT2D eigenvalue weighted by molar-refractivity contribution is 5.82. The molecule has 0 aromatic heterocycles. The van der Waals surface area contributed by atoms with Gasteiger partial charge in [-0.2, -0.15) is 5.26 Å². The molecule has 17 heavy (non-hydrogen) atoms. The molecule has 6 nitrogen and oxygen atoms in total. The molecule has 0 aromatic rings. The average Bonchev–Trinajstić information content (AvgIpc) is 2.25. The molecular formula is C11H19N3O3. The summed E-state index contributed by atoms with van der Waals surface area (Å²) in [5.74, 6) is -1.27. The molecule has 96 valence electrons. The fourth-order valence-electron chi connectivity index (χ4n) is 1.41. The Balaban J connectivity index is 4.39. The second-order valence-corrected chi connectivity index (χ2v) is 4.07. The van der Waals surface area contributed by atoms with Crippen LogP contribution in [0.1, 0.15) is 33.1 Å². The number of nitrogens with zero attached hydrogens (tertiary/aromatic N) is 2. The quantitative estimate of drug-likeness (QED) is 0.667. The monoisotopic (exact) mass is 241 g/mol. The highest BCUT2D eigenvalue weighted by Crippen LogP contribution is 2.06. The molecule has 0 radical (unpaired) electrons. The van der Waals surface area contributed by atoms with E-state index in [1.807, 2.05) is 19.9 Å². The van der Waals surface area contributed by atoms with Crippen molar-refractivity contribution in [2.45, 2.75) is 45.2 Å². The van der Waals surface area contributed by atoms with Gasteiger partial charge < -0.3 is 15.7 Å². The van der Waals surface area contributed by atoms with E-state index in [1.165, 1.54) is 4.90 Å². The summed E-state index contributed by atoms with van der Waals surface area (Å²) in [5.41, 5.74) is 5.64. The van der Waals surface area contributed by atoms with Crippen molar-refractivity contribution < 1.29 is 14.7 Å². The van der Waals surface area contributed by atoms with Gasteiger partial charge in [0.15, 0.2) is 0 Å². The molecule has 0 bridgehead atoms. The lowest BCUT2D eigenvalue weighted by Gasteiger charge is -2.28. The van der Waals surface area contributed by atoms with Crippen LogP contribution >= 0.6 is 0 Å². The molecule has 0 saturated carbocycles. The second-order valence-electron chi connectivity index (χ2n) is 4.07. The first-order valence-corrected chi connectivity index (χ1v) is 5.55. The second kappa shape index (κ2) is 7.63. The zero-order chi connectivity index (χ0) is 13.4. The maximum atomic E-state index is 11.9. The molecule has 1 amide bonds. The Morgan fingerprint density at radius 1 is 1.47 bits per heavy atom. The first-order valence-electron chi connectivity index (χ1n) is 5.55. The smallest absolute Gasteiger partial charge is 0.303 e. The maximum absolute atomic E-state index is 11.9. The van der Waals surface area contributed by atoms with Crippen LogP contribution in [0.25, 0.3) is 0 Å². The van der Waals surface area contributed by atoms with E-state index in [9.17, 15) is 9.59 Å². The fraction of sp³-hybridized carbons (Fsp3) is 0.727. The van der Waals surface area contributed by atoms with Crippen LogP contribution in [0.2, 0.25) is 0 Å². The summed E-state index contributed by atoms with van der Waals surface area (Å²) in [6.07, 6.45) is 0.233. The molecule has 0 heterocycles. The highest BCUT2D eigenvalue weighted by atomic mass is 16.4. The topological polar surface area (TPSA) is 107 Å². The van der Waals surface area contributed by atoms with Gasteiger partial charge in [-0.15, -0.1) is 0 Å². The number of rotatable bonds is 7.